The van der Waals surface area contributed by atoms with Crippen LogP contribution < -0.4 is 5.32 Å². The Hall–Kier alpha value is -1.43. The van der Waals surface area contributed by atoms with Gasteiger partial charge in [0, 0.05) is 26.2 Å². The molecule has 0 bridgehead atoms. The molecule has 2 N–H and O–H groups in total. The Kier molecular flexibility index (Phi) is 7.06. The zero-order valence-corrected chi connectivity index (χ0v) is 15.8. The van der Waals surface area contributed by atoms with Crippen molar-refractivity contribution in [2.24, 2.45) is 0 Å². The van der Waals surface area contributed by atoms with E-state index in [4.69, 9.17) is 4.74 Å². The molecule has 144 valence electrons. The van der Waals surface area contributed by atoms with E-state index in [0.717, 1.165) is 44.5 Å². The van der Waals surface area contributed by atoms with Gasteiger partial charge in [0.05, 0.1) is 12.2 Å². The fraction of sp³-hybridized carbons (Fsp3) is 0.667. The van der Waals surface area contributed by atoms with Crippen molar-refractivity contribution in [2.45, 2.75) is 76.9 Å². The third kappa shape index (κ3) is 5.29. The van der Waals surface area contributed by atoms with E-state index in [2.05, 4.69) is 22.3 Å². The predicted molar refractivity (Wildman–Crippen MR) is 102 cm³/mol. The van der Waals surface area contributed by atoms with Gasteiger partial charge in [-0.2, -0.15) is 0 Å². The number of nitrogens with zero attached hydrogens (tertiary/aromatic N) is 1. The third-order valence-electron chi connectivity index (χ3n) is 5.54. The van der Waals surface area contributed by atoms with Crippen LogP contribution in [0.3, 0.4) is 0 Å². The van der Waals surface area contributed by atoms with E-state index in [0.29, 0.717) is 13.0 Å². The van der Waals surface area contributed by atoms with Crippen molar-refractivity contribution < 1.29 is 14.6 Å². The van der Waals surface area contributed by atoms with E-state index < -0.39 is 0 Å². The standard InChI is InChI=1S/C21H32N2O3/c1-2-20(26-19-9-5-6-10-19)21(25)22-13-16-7-3-4-8-17(16)14-23-12-11-18(24)15-23/h3-4,7-8,18-20,24H,2,5-6,9-15H2,1H3,(H,22,25)/t18-,20-/m0/s1. The van der Waals surface area contributed by atoms with Crippen molar-refractivity contribution in [1.29, 1.82) is 0 Å². The van der Waals surface area contributed by atoms with Gasteiger partial charge >= 0.3 is 0 Å². The van der Waals surface area contributed by atoms with Crippen LogP contribution in [-0.4, -0.2) is 47.3 Å². The molecule has 1 saturated heterocycles. The quantitative estimate of drug-likeness (QED) is 0.748. The average Bonchev–Trinajstić information content (AvgIpc) is 3.30. The molecule has 1 amide bonds. The lowest BCUT2D eigenvalue weighted by atomic mass is 10.1. The van der Waals surface area contributed by atoms with Crippen molar-refractivity contribution in [3.05, 3.63) is 35.4 Å². The van der Waals surface area contributed by atoms with E-state index in [-0.39, 0.29) is 24.2 Å². The topological polar surface area (TPSA) is 61.8 Å². The Bertz CT molecular complexity index is 586. The maximum Gasteiger partial charge on any atom is 0.249 e. The number of amides is 1. The highest BCUT2D eigenvalue weighted by Gasteiger charge is 2.24. The highest BCUT2D eigenvalue weighted by molar-refractivity contribution is 5.80. The lowest BCUT2D eigenvalue weighted by molar-refractivity contribution is -0.136. The van der Waals surface area contributed by atoms with Crippen LogP contribution in [0.2, 0.25) is 0 Å². The predicted octanol–water partition coefficient (Wildman–Crippen LogP) is 2.61. The minimum absolute atomic E-state index is 0.00852. The monoisotopic (exact) mass is 360 g/mol. The number of hydrogen-bond donors (Lipinski definition) is 2. The Morgan fingerprint density at radius 1 is 1.27 bits per heavy atom. The molecule has 2 fully saturated rings. The van der Waals surface area contributed by atoms with E-state index in [1.165, 1.54) is 18.4 Å². The van der Waals surface area contributed by atoms with E-state index in [1.54, 1.807) is 0 Å². The van der Waals surface area contributed by atoms with Gasteiger partial charge in [0.15, 0.2) is 0 Å². The van der Waals surface area contributed by atoms with Crippen LogP contribution in [0.5, 0.6) is 0 Å². The van der Waals surface area contributed by atoms with Gasteiger partial charge in [-0.25, -0.2) is 0 Å². The molecule has 1 saturated carbocycles. The van der Waals surface area contributed by atoms with Gasteiger partial charge in [-0.15, -0.1) is 0 Å². The Labute approximate surface area is 156 Å². The summed E-state index contributed by atoms with van der Waals surface area (Å²) in [5, 5.41) is 12.8. The second-order valence-corrected chi connectivity index (χ2v) is 7.60. The second kappa shape index (κ2) is 9.49. The van der Waals surface area contributed by atoms with Crippen LogP contribution >= 0.6 is 0 Å². The minimum atomic E-state index is -0.348. The fourth-order valence-electron chi connectivity index (χ4n) is 3.98. The van der Waals surface area contributed by atoms with E-state index in [9.17, 15) is 9.90 Å². The third-order valence-corrected chi connectivity index (χ3v) is 5.54. The number of ether oxygens (including phenoxy) is 1. The Balaban J connectivity index is 1.53. The van der Waals surface area contributed by atoms with Gasteiger partial charge in [-0.1, -0.05) is 44.0 Å². The maximum atomic E-state index is 12.6. The molecule has 1 aliphatic carbocycles. The lowest BCUT2D eigenvalue weighted by Gasteiger charge is -2.21. The molecule has 2 atom stereocenters. The number of rotatable bonds is 8. The summed E-state index contributed by atoms with van der Waals surface area (Å²) in [4.78, 5) is 14.8. The molecule has 0 spiro atoms. The summed E-state index contributed by atoms with van der Waals surface area (Å²) in [5.74, 6) is -0.00852. The highest BCUT2D eigenvalue weighted by atomic mass is 16.5. The zero-order chi connectivity index (χ0) is 18.4. The zero-order valence-electron chi connectivity index (χ0n) is 15.8. The maximum absolute atomic E-state index is 12.6. The molecule has 26 heavy (non-hydrogen) atoms. The first-order valence-corrected chi connectivity index (χ1v) is 10.1. The van der Waals surface area contributed by atoms with Gasteiger partial charge < -0.3 is 15.2 Å². The minimum Gasteiger partial charge on any atom is -0.392 e. The summed E-state index contributed by atoms with van der Waals surface area (Å²) in [6, 6.07) is 8.22. The molecule has 0 unspecified atom stereocenters. The molecule has 0 aromatic heterocycles. The number of aliphatic hydroxyl groups excluding tert-OH is 1. The first kappa shape index (κ1) is 19.3. The molecule has 1 aromatic carbocycles. The summed E-state index contributed by atoms with van der Waals surface area (Å²) in [5.41, 5.74) is 2.35. The molecular weight excluding hydrogens is 328 g/mol. The first-order chi connectivity index (χ1) is 12.7. The molecule has 5 heteroatoms. The van der Waals surface area contributed by atoms with Gasteiger partial charge in [0.1, 0.15) is 6.10 Å². The fourth-order valence-corrected chi connectivity index (χ4v) is 3.98. The normalized spacial score (nSPS) is 22.6. The first-order valence-electron chi connectivity index (χ1n) is 10.1. The number of carbonyl (C=O) groups is 1. The van der Waals surface area contributed by atoms with Crippen molar-refractivity contribution >= 4 is 5.91 Å². The lowest BCUT2D eigenvalue weighted by Crippen LogP contribution is -2.37. The number of carbonyl (C=O) groups excluding carboxylic acids is 1. The molecule has 5 nitrogen and oxygen atoms in total. The van der Waals surface area contributed by atoms with Crippen LogP contribution in [0, 0.1) is 0 Å². The molecule has 1 aromatic rings. The van der Waals surface area contributed by atoms with Crippen molar-refractivity contribution in [3.8, 4) is 0 Å². The average molecular weight is 360 g/mol. The molecular formula is C21H32N2O3. The van der Waals surface area contributed by atoms with Crippen molar-refractivity contribution in [2.75, 3.05) is 13.1 Å². The van der Waals surface area contributed by atoms with Crippen LogP contribution in [0.1, 0.15) is 56.6 Å². The summed E-state index contributed by atoms with van der Waals surface area (Å²) < 4.78 is 6.01. The molecule has 3 rings (SSSR count). The Morgan fingerprint density at radius 2 is 2.00 bits per heavy atom. The van der Waals surface area contributed by atoms with E-state index >= 15 is 0 Å². The number of β-amino-alcohol motifs (C(OH)–C–C–N with tert-alkyl or cyclic N) is 1. The largest absolute Gasteiger partial charge is 0.392 e. The van der Waals surface area contributed by atoms with E-state index in [1.807, 2.05) is 19.1 Å². The van der Waals surface area contributed by atoms with Gasteiger partial charge in [0.2, 0.25) is 5.91 Å². The second-order valence-electron chi connectivity index (χ2n) is 7.60. The molecule has 2 aliphatic rings. The van der Waals surface area contributed by atoms with Gasteiger partial charge in [-0.3, -0.25) is 9.69 Å². The van der Waals surface area contributed by atoms with Crippen LogP contribution in [0.4, 0.5) is 0 Å². The number of benzene rings is 1. The summed E-state index contributed by atoms with van der Waals surface area (Å²) >= 11 is 0. The van der Waals surface area contributed by atoms with Gasteiger partial charge in [0.25, 0.3) is 0 Å². The number of hydrogen-bond acceptors (Lipinski definition) is 4. The highest BCUT2D eigenvalue weighted by Crippen LogP contribution is 2.23. The van der Waals surface area contributed by atoms with Crippen molar-refractivity contribution in [1.82, 2.24) is 10.2 Å². The van der Waals surface area contributed by atoms with Gasteiger partial charge in [-0.05, 0) is 36.8 Å². The van der Waals surface area contributed by atoms with Crippen LogP contribution in [-0.2, 0) is 22.6 Å². The SMILES string of the molecule is CC[C@H](OC1CCCC1)C(=O)NCc1ccccc1CN1CC[C@H](O)C1. The number of aliphatic hydroxyl groups is 1. The number of nitrogens with one attached hydrogen (secondary N) is 1. The smallest absolute Gasteiger partial charge is 0.249 e. The van der Waals surface area contributed by atoms with Crippen LogP contribution in [0.15, 0.2) is 24.3 Å². The summed E-state index contributed by atoms with van der Waals surface area (Å²) in [6.45, 7) is 5.00. The molecule has 1 heterocycles. The summed E-state index contributed by atoms with van der Waals surface area (Å²) in [7, 11) is 0. The molecule has 0 radical (unpaired) electrons. The number of likely N-dealkylation sites (tertiary alicyclic amines) is 1. The van der Waals surface area contributed by atoms with Crippen molar-refractivity contribution in [3.63, 3.8) is 0 Å². The van der Waals surface area contributed by atoms with Crippen LogP contribution in [0.25, 0.3) is 0 Å². The molecule has 1 aliphatic heterocycles. The Morgan fingerprint density at radius 3 is 2.65 bits per heavy atom. The summed E-state index contributed by atoms with van der Waals surface area (Å²) in [6.07, 6.45) is 5.81.